The lowest BCUT2D eigenvalue weighted by Crippen LogP contribution is -2.01. The molecule has 0 spiro atoms. The van der Waals surface area contributed by atoms with Crippen LogP contribution in [0, 0.1) is 12.7 Å². The summed E-state index contributed by atoms with van der Waals surface area (Å²) in [5, 5.41) is 3.45. The largest absolute Gasteiger partial charge is 0.379 e. The van der Waals surface area contributed by atoms with Crippen LogP contribution in [-0.2, 0) is 6.54 Å². The summed E-state index contributed by atoms with van der Waals surface area (Å²) in [5.74, 6) is -0.339. The van der Waals surface area contributed by atoms with Crippen molar-refractivity contribution in [3.05, 3.63) is 62.8 Å². The predicted octanol–water partition coefficient (Wildman–Crippen LogP) is 5.16. The Labute approximate surface area is 119 Å². The molecule has 2 aromatic carbocycles. The van der Waals surface area contributed by atoms with E-state index in [9.17, 15) is 4.39 Å². The fraction of sp³-hybridized carbons (Fsp3) is 0.143. The lowest BCUT2D eigenvalue weighted by Gasteiger charge is -2.09. The van der Waals surface area contributed by atoms with E-state index >= 15 is 0 Å². The fourth-order valence-corrected chi connectivity index (χ4v) is 2.16. The Morgan fingerprint density at radius 2 is 2.00 bits per heavy atom. The normalized spacial score (nSPS) is 10.4. The molecule has 0 unspecified atom stereocenters. The first-order valence-corrected chi connectivity index (χ1v) is 6.67. The summed E-state index contributed by atoms with van der Waals surface area (Å²) in [6, 6.07) is 10.7. The third-order valence-corrected chi connectivity index (χ3v) is 3.74. The highest BCUT2D eigenvalue weighted by Gasteiger charge is 2.03. The Kier molecular flexibility index (Phi) is 4.25. The standard InChI is InChI=1S/C14H12BrClFN/c1-9-2-3-10(6-12(9)15)8-18-14-5-4-11(16)7-13(14)17/h2-7,18H,8H2,1H3. The van der Waals surface area contributed by atoms with E-state index in [-0.39, 0.29) is 5.82 Å². The molecule has 0 heterocycles. The third kappa shape index (κ3) is 3.24. The number of rotatable bonds is 3. The van der Waals surface area contributed by atoms with Crippen LogP contribution >= 0.6 is 27.5 Å². The van der Waals surface area contributed by atoms with Gasteiger partial charge < -0.3 is 5.32 Å². The Hall–Kier alpha value is -1.06. The second-order valence-electron chi connectivity index (χ2n) is 4.06. The van der Waals surface area contributed by atoms with Gasteiger partial charge in [0.05, 0.1) is 5.69 Å². The quantitative estimate of drug-likeness (QED) is 0.820. The molecular weight excluding hydrogens is 317 g/mol. The van der Waals surface area contributed by atoms with Crippen LogP contribution in [0.25, 0.3) is 0 Å². The summed E-state index contributed by atoms with van der Waals surface area (Å²) in [7, 11) is 0. The van der Waals surface area contributed by atoms with Crippen LogP contribution in [0.1, 0.15) is 11.1 Å². The van der Waals surface area contributed by atoms with Gasteiger partial charge in [-0.3, -0.25) is 0 Å². The number of nitrogens with one attached hydrogen (secondary N) is 1. The lowest BCUT2D eigenvalue weighted by molar-refractivity contribution is 0.630. The first-order chi connectivity index (χ1) is 8.56. The molecule has 18 heavy (non-hydrogen) atoms. The molecule has 1 N–H and O–H groups in total. The number of benzene rings is 2. The molecule has 0 bridgehead atoms. The molecule has 0 fully saturated rings. The summed E-state index contributed by atoms with van der Waals surface area (Å²) < 4.78 is 14.6. The number of hydrogen-bond donors (Lipinski definition) is 1. The van der Waals surface area contributed by atoms with E-state index in [1.807, 2.05) is 25.1 Å². The zero-order chi connectivity index (χ0) is 13.1. The number of hydrogen-bond acceptors (Lipinski definition) is 1. The smallest absolute Gasteiger partial charge is 0.147 e. The Balaban J connectivity index is 2.09. The van der Waals surface area contributed by atoms with Crippen molar-refractivity contribution in [1.82, 2.24) is 0 Å². The van der Waals surface area contributed by atoms with Gasteiger partial charge in [-0.2, -0.15) is 0 Å². The molecule has 0 saturated heterocycles. The van der Waals surface area contributed by atoms with Gasteiger partial charge in [0.15, 0.2) is 0 Å². The van der Waals surface area contributed by atoms with Crippen molar-refractivity contribution in [2.75, 3.05) is 5.32 Å². The molecule has 0 aliphatic carbocycles. The Bertz CT molecular complexity index is 572. The lowest BCUT2D eigenvalue weighted by atomic mass is 10.1. The maximum Gasteiger partial charge on any atom is 0.147 e. The molecule has 2 aromatic rings. The van der Waals surface area contributed by atoms with Gasteiger partial charge in [0.1, 0.15) is 5.82 Å². The molecule has 0 aromatic heterocycles. The molecule has 0 aliphatic heterocycles. The highest BCUT2D eigenvalue weighted by atomic mass is 79.9. The zero-order valence-electron chi connectivity index (χ0n) is 9.81. The average Bonchev–Trinajstić information content (AvgIpc) is 2.32. The van der Waals surface area contributed by atoms with Crippen molar-refractivity contribution in [2.24, 2.45) is 0 Å². The molecule has 0 aliphatic rings. The van der Waals surface area contributed by atoms with Crippen LogP contribution in [0.3, 0.4) is 0 Å². The maximum atomic E-state index is 13.5. The fourth-order valence-electron chi connectivity index (χ4n) is 1.58. The van der Waals surface area contributed by atoms with Crippen LogP contribution in [0.5, 0.6) is 0 Å². The Morgan fingerprint density at radius 3 is 2.67 bits per heavy atom. The number of aryl methyl sites for hydroxylation is 1. The SMILES string of the molecule is Cc1ccc(CNc2ccc(Cl)cc2F)cc1Br. The van der Waals surface area contributed by atoms with E-state index in [1.165, 1.54) is 11.6 Å². The van der Waals surface area contributed by atoms with Crippen LogP contribution < -0.4 is 5.32 Å². The van der Waals surface area contributed by atoms with Crippen LogP contribution in [0.4, 0.5) is 10.1 Å². The molecule has 0 atom stereocenters. The van der Waals surface area contributed by atoms with Crippen molar-refractivity contribution in [3.8, 4) is 0 Å². The molecule has 0 radical (unpaired) electrons. The van der Waals surface area contributed by atoms with Gasteiger partial charge in [-0.15, -0.1) is 0 Å². The van der Waals surface area contributed by atoms with Gasteiger partial charge in [0.2, 0.25) is 0 Å². The van der Waals surface area contributed by atoms with Gasteiger partial charge in [0, 0.05) is 16.0 Å². The van der Waals surface area contributed by atoms with E-state index in [2.05, 4.69) is 21.2 Å². The average molecular weight is 329 g/mol. The van der Waals surface area contributed by atoms with Gasteiger partial charge >= 0.3 is 0 Å². The van der Waals surface area contributed by atoms with E-state index in [1.54, 1.807) is 12.1 Å². The number of anilines is 1. The summed E-state index contributed by atoms with van der Waals surface area (Å²) in [4.78, 5) is 0. The molecular formula is C14H12BrClFN. The summed E-state index contributed by atoms with van der Waals surface area (Å²) >= 11 is 9.18. The molecule has 0 saturated carbocycles. The zero-order valence-corrected chi connectivity index (χ0v) is 12.1. The molecule has 0 amide bonds. The second-order valence-corrected chi connectivity index (χ2v) is 5.35. The molecule has 2 rings (SSSR count). The van der Waals surface area contributed by atoms with Crippen molar-refractivity contribution in [2.45, 2.75) is 13.5 Å². The van der Waals surface area contributed by atoms with Crippen molar-refractivity contribution in [3.63, 3.8) is 0 Å². The summed E-state index contributed by atoms with van der Waals surface area (Å²) in [6.45, 7) is 2.59. The number of halogens is 3. The third-order valence-electron chi connectivity index (χ3n) is 2.65. The summed E-state index contributed by atoms with van der Waals surface area (Å²) in [5.41, 5.74) is 2.72. The van der Waals surface area contributed by atoms with Crippen molar-refractivity contribution < 1.29 is 4.39 Å². The van der Waals surface area contributed by atoms with E-state index in [0.29, 0.717) is 17.3 Å². The highest BCUT2D eigenvalue weighted by molar-refractivity contribution is 9.10. The minimum absolute atomic E-state index is 0.339. The highest BCUT2D eigenvalue weighted by Crippen LogP contribution is 2.21. The van der Waals surface area contributed by atoms with Gasteiger partial charge in [-0.05, 0) is 42.3 Å². The van der Waals surface area contributed by atoms with Crippen molar-refractivity contribution in [1.29, 1.82) is 0 Å². The topological polar surface area (TPSA) is 12.0 Å². The predicted molar refractivity (Wildman–Crippen MR) is 77.6 cm³/mol. The second kappa shape index (κ2) is 5.72. The van der Waals surface area contributed by atoms with E-state index < -0.39 is 0 Å². The minimum atomic E-state index is -0.339. The maximum absolute atomic E-state index is 13.5. The first kappa shape index (κ1) is 13.4. The van der Waals surface area contributed by atoms with E-state index in [0.717, 1.165) is 10.0 Å². The van der Waals surface area contributed by atoms with Crippen LogP contribution in [-0.4, -0.2) is 0 Å². The van der Waals surface area contributed by atoms with Gasteiger partial charge in [0.25, 0.3) is 0 Å². The molecule has 1 nitrogen and oxygen atoms in total. The van der Waals surface area contributed by atoms with Crippen LogP contribution in [0.15, 0.2) is 40.9 Å². The van der Waals surface area contributed by atoms with Crippen LogP contribution in [0.2, 0.25) is 5.02 Å². The Morgan fingerprint density at radius 1 is 1.22 bits per heavy atom. The first-order valence-electron chi connectivity index (χ1n) is 5.50. The monoisotopic (exact) mass is 327 g/mol. The van der Waals surface area contributed by atoms with Gasteiger partial charge in [-0.25, -0.2) is 4.39 Å². The molecule has 94 valence electrons. The van der Waals surface area contributed by atoms with Gasteiger partial charge in [-0.1, -0.05) is 39.7 Å². The molecule has 4 heteroatoms. The van der Waals surface area contributed by atoms with Crippen molar-refractivity contribution >= 4 is 33.2 Å². The minimum Gasteiger partial charge on any atom is -0.379 e. The summed E-state index contributed by atoms with van der Waals surface area (Å²) in [6.07, 6.45) is 0. The van der Waals surface area contributed by atoms with E-state index in [4.69, 9.17) is 11.6 Å².